The first kappa shape index (κ1) is 14.8. The quantitative estimate of drug-likeness (QED) is 0.840. The number of imide groups is 1. The van der Waals surface area contributed by atoms with Crippen molar-refractivity contribution in [1.29, 1.82) is 0 Å². The fourth-order valence-corrected chi connectivity index (χ4v) is 4.91. The van der Waals surface area contributed by atoms with Gasteiger partial charge >= 0.3 is 6.03 Å². The van der Waals surface area contributed by atoms with Gasteiger partial charge in [0.2, 0.25) is 6.79 Å². The van der Waals surface area contributed by atoms with E-state index in [0.29, 0.717) is 17.9 Å². The van der Waals surface area contributed by atoms with Crippen molar-refractivity contribution in [1.82, 2.24) is 10.2 Å². The van der Waals surface area contributed by atoms with Gasteiger partial charge in [0.15, 0.2) is 11.5 Å². The van der Waals surface area contributed by atoms with E-state index in [-0.39, 0.29) is 25.3 Å². The maximum Gasteiger partial charge on any atom is 0.325 e. The third-order valence-electron chi connectivity index (χ3n) is 5.11. The molecule has 3 amide bonds. The van der Waals surface area contributed by atoms with Gasteiger partial charge in [-0.25, -0.2) is 4.79 Å². The number of urea groups is 1. The highest BCUT2D eigenvalue weighted by atomic mass is 32.1. The maximum atomic E-state index is 13.2. The lowest BCUT2D eigenvalue weighted by Crippen LogP contribution is -2.46. The summed E-state index contributed by atoms with van der Waals surface area (Å²) in [4.78, 5) is 28.3. The van der Waals surface area contributed by atoms with Gasteiger partial charge in [0.25, 0.3) is 5.91 Å². The third kappa shape index (κ3) is 2.08. The van der Waals surface area contributed by atoms with Crippen LogP contribution in [0.15, 0.2) is 29.6 Å². The van der Waals surface area contributed by atoms with E-state index in [0.717, 1.165) is 24.0 Å². The molecule has 3 heterocycles. The number of amides is 3. The number of fused-ring (bicyclic) bond motifs is 3. The number of rotatable bonds is 2. The van der Waals surface area contributed by atoms with E-state index in [1.807, 2.05) is 29.6 Å². The number of hydrogen-bond donors (Lipinski definition) is 1. The van der Waals surface area contributed by atoms with Crippen LogP contribution in [0, 0.1) is 0 Å². The molecule has 0 radical (unpaired) electrons. The Morgan fingerprint density at radius 1 is 1.20 bits per heavy atom. The molecular weight excluding hydrogens is 340 g/mol. The topological polar surface area (TPSA) is 67.9 Å². The summed E-state index contributed by atoms with van der Waals surface area (Å²) < 4.78 is 10.7. The Morgan fingerprint density at radius 2 is 2.08 bits per heavy atom. The van der Waals surface area contributed by atoms with Crippen LogP contribution in [-0.2, 0) is 23.3 Å². The summed E-state index contributed by atoms with van der Waals surface area (Å²) in [5.41, 5.74) is 0.919. The number of aryl methyl sites for hydroxylation is 1. The fraction of sp³-hybridized carbons (Fsp3) is 0.333. The van der Waals surface area contributed by atoms with Crippen molar-refractivity contribution in [3.05, 3.63) is 45.6 Å². The number of carbonyl (C=O) groups is 2. The highest BCUT2D eigenvalue weighted by molar-refractivity contribution is 7.10. The van der Waals surface area contributed by atoms with E-state index in [1.165, 1.54) is 9.78 Å². The number of nitrogens with zero attached hydrogens (tertiary/aromatic N) is 1. The minimum absolute atomic E-state index is 0.158. The molecule has 1 aromatic carbocycles. The first-order valence-corrected chi connectivity index (χ1v) is 9.15. The number of benzene rings is 1. The van der Waals surface area contributed by atoms with E-state index in [2.05, 4.69) is 5.32 Å². The molecule has 0 saturated carbocycles. The highest BCUT2D eigenvalue weighted by Gasteiger charge is 2.54. The van der Waals surface area contributed by atoms with Crippen molar-refractivity contribution in [2.75, 3.05) is 6.79 Å². The molecule has 2 aromatic rings. The van der Waals surface area contributed by atoms with Gasteiger partial charge in [-0.2, -0.15) is 0 Å². The molecular formula is C18H16N2O4S. The molecule has 1 atom stereocenters. The minimum atomic E-state index is -0.888. The molecule has 25 heavy (non-hydrogen) atoms. The molecule has 0 bridgehead atoms. The highest BCUT2D eigenvalue weighted by Crippen LogP contribution is 2.42. The molecule has 1 unspecified atom stereocenters. The van der Waals surface area contributed by atoms with Gasteiger partial charge in [-0.05, 0) is 48.4 Å². The summed E-state index contributed by atoms with van der Waals surface area (Å²) in [6.07, 6.45) is 2.52. The smallest absolute Gasteiger partial charge is 0.325 e. The second-order valence-corrected chi connectivity index (χ2v) is 7.53. The Kier molecular flexibility index (Phi) is 3.09. The second kappa shape index (κ2) is 5.23. The number of nitrogens with one attached hydrogen (secondary N) is 1. The van der Waals surface area contributed by atoms with E-state index < -0.39 is 5.54 Å². The Morgan fingerprint density at radius 3 is 3.00 bits per heavy atom. The van der Waals surface area contributed by atoms with Gasteiger partial charge in [0.1, 0.15) is 5.54 Å². The van der Waals surface area contributed by atoms with E-state index in [1.54, 1.807) is 11.3 Å². The summed E-state index contributed by atoms with van der Waals surface area (Å²) in [5.74, 6) is 1.18. The SMILES string of the molecule is O=C1NC2(CCCc3sccc32)C(=O)N1Cc1ccc2c(c1)OCO2. The van der Waals surface area contributed by atoms with Crippen LogP contribution in [-0.4, -0.2) is 23.6 Å². The van der Waals surface area contributed by atoms with Crippen LogP contribution in [0.5, 0.6) is 11.5 Å². The molecule has 1 spiro atoms. The van der Waals surface area contributed by atoms with Crippen LogP contribution in [0.25, 0.3) is 0 Å². The predicted molar refractivity (Wildman–Crippen MR) is 90.6 cm³/mol. The predicted octanol–water partition coefficient (Wildman–Crippen LogP) is 2.76. The Bertz CT molecular complexity index is 893. The Hall–Kier alpha value is -2.54. The van der Waals surface area contributed by atoms with Gasteiger partial charge in [-0.3, -0.25) is 9.69 Å². The molecule has 1 N–H and O–H groups in total. The first-order chi connectivity index (χ1) is 12.2. The van der Waals surface area contributed by atoms with Crippen molar-refractivity contribution in [3.8, 4) is 11.5 Å². The standard InChI is InChI=1S/C18H16N2O4S/c21-16-18(6-1-2-15-12(18)5-7-25-15)19-17(22)20(16)9-11-3-4-13-14(8-11)24-10-23-13/h3-5,7-8H,1-2,6,9-10H2,(H,19,22). The lowest BCUT2D eigenvalue weighted by Gasteiger charge is -2.31. The van der Waals surface area contributed by atoms with E-state index in [9.17, 15) is 9.59 Å². The molecule has 1 fully saturated rings. The Balaban J connectivity index is 1.46. The maximum absolute atomic E-state index is 13.2. The largest absolute Gasteiger partial charge is 0.454 e. The zero-order valence-electron chi connectivity index (χ0n) is 13.4. The van der Waals surface area contributed by atoms with Crippen LogP contribution in [0.2, 0.25) is 0 Å². The fourth-order valence-electron chi connectivity index (χ4n) is 3.91. The molecule has 7 heteroatoms. The van der Waals surface area contributed by atoms with Crippen molar-refractivity contribution < 1.29 is 19.1 Å². The molecule has 5 rings (SSSR count). The molecule has 3 aliphatic rings. The summed E-state index contributed by atoms with van der Waals surface area (Å²) in [6, 6.07) is 7.13. The summed E-state index contributed by atoms with van der Waals surface area (Å²) in [5, 5.41) is 4.97. The number of thiophene rings is 1. The summed E-state index contributed by atoms with van der Waals surface area (Å²) in [6.45, 7) is 0.425. The number of carbonyl (C=O) groups excluding carboxylic acids is 2. The van der Waals surface area contributed by atoms with Crippen molar-refractivity contribution in [2.24, 2.45) is 0 Å². The molecule has 128 valence electrons. The lowest BCUT2D eigenvalue weighted by molar-refractivity contribution is -0.132. The second-order valence-electron chi connectivity index (χ2n) is 6.53. The lowest BCUT2D eigenvalue weighted by atomic mass is 9.80. The van der Waals surface area contributed by atoms with Crippen molar-refractivity contribution >= 4 is 23.3 Å². The normalized spacial score (nSPS) is 23.9. The van der Waals surface area contributed by atoms with Crippen LogP contribution in [0.3, 0.4) is 0 Å². The Labute approximate surface area is 148 Å². The molecule has 1 saturated heterocycles. The summed E-state index contributed by atoms with van der Waals surface area (Å²) >= 11 is 1.66. The van der Waals surface area contributed by atoms with Crippen LogP contribution < -0.4 is 14.8 Å². The van der Waals surface area contributed by atoms with Crippen LogP contribution in [0.1, 0.15) is 28.8 Å². The van der Waals surface area contributed by atoms with Crippen molar-refractivity contribution in [2.45, 2.75) is 31.3 Å². The van der Waals surface area contributed by atoms with Gasteiger partial charge in [-0.15, -0.1) is 11.3 Å². The van der Waals surface area contributed by atoms with E-state index >= 15 is 0 Å². The van der Waals surface area contributed by atoms with Gasteiger partial charge in [0, 0.05) is 10.4 Å². The van der Waals surface area contributed by atoms with E-state index in [4.69, 9.17) is 9.47 Å². The summed E-state index contributed by atoms with van der Waals surface area (Å²) in [7, 11) is 0. The van der Waals surface area contributed by atoms with Gasteiger partial charge in [-0.1, -0.05) is 6.07 Å². The molecule has 2 aliphatic heterocycles. The van der Waals surface area contributed by atoms with Crippen LogP contribution in [0.4, 0.5) is 4.79 Å². The van der Waals surface area contributed by atoms with Gasteiger partial charge < -0.3 is 14.8 Å². The van der Waals surface area contributed by atoms with Crippen molar-refractivity contribution in [3.63, 3.8) is 0 Å². The third-order valence-corrected chi connectivity index (χ3v) is 6.09. The average Bonchev–Trinajstić information content (AvgIpc) is 3.31. The zero-order valence-corrected chi connectivity index (χ0v) is 14.2. The number of ether oxygens (including phenoxy) is 2. The van der Waals surface area contributed by atoms with Gasteiger partial charge in [0.05, 0.1) is 6.54 Å². The minimum Gasteiger partial charge on any atom is -0.454 e. The zero-order chi connectivity index (χ0) is 17.0. The van der Waals surface area contributed by atoms with Crippen LogP contribution >= 0.6 is 11.3 Å². The number of hydrogen-bond acceptors (Lipinski definition) is 5. The first-order valence-electron chi connectivity index (χ1n) is 8.27. The molecule has 6 nitrogen and oxygen atoms in total. The monoisotopic (exact) mass is 356 g/mol. The molecule has 1 aliphatic carbocycles. The average molecular weight is 356 g/mol. The molecule has 1 aromatic heterocycles.